The van der Waals surface area contributed by atoms with E-state index in [1.54, 1.807) is 12.1 Å². The van der Waals surface area contributed by atoms with Gasteiger partial charge in [-0.1, -0.05) is 11.6 Å². The van der Waals surface area contributed by atoms with Crippen LogP contribution in [0.15, 0.2) is 29.3 Å². The Balaban J connectivity index is 1.88. The zero-order chi connectivity index (χ0) is 16.4. The fraction of sp³-hybridized carbons (Fsp3) is 0.444. The summed E-state index contributed by atoms with van der Waals surface area (Å²) in [6, 6.07) is 5.31. The molecule has 1 amide bonds. The maximum atomic E-state index is 11.7. The molecule has 0 aromatic heterocycles. The number of methoxy groups -OCH3 is 1. The monoisotopic (exact) mass is 315 g/mol. The van der Waals surface area contributed by atoms with E-state index in [9.17, 15) is 14.7 Å². The summed E-state index contributed by atoms with van der Waals surface area (Å²) < 4.78 is 5.07. The Hall–Kier alpha value is -2.30. The molecule has 0 spiro atoms. The molecule has 5 heteroatoms. The zero-order valence-electron chi connectivity index (χ0n) is 13.2. The minimum absolute atomic E-state index is 0.0165. The number of rotatable bonds is 4. The summed E-state index contributed by atoms with van der Waals surface area (Å²) in [5.41, 5.74) is 3.39. The van der Waals surface area contributed by atoms with Crippen LogP contribution in [0.5, 0.6) is 11.5 Å². The lowest BCUT2D eigenvalue weighted by Crippen LogP contribution is -2.43. The Morgan fingerprint density at radius 2 is 2.17 bits per heavy atom. The third kappa shape index (κ3) is 3.09. The predicted molar refractivity (Wildman–Crippen MR) is 85.4 cm³/mol. The van der Waals surface area contributed by atoms with Gasteiger partial charge in [-0.25, -0.2) is 0 Å². The molecule has 1 heterocycles. The molecule has 0 fully saturated rings. The molecule has 1 aliphatic carbocycles. The van der Waals surface area contributed by atoms with Crippen molar-refractivity contribution in [2.24, 2.45) is 0 Å². The molecule has 0 saturated carbocycles. The molecule has 1 N–H and O–H groups in total. The van der Waals surface area contributed by atoms with Crippen LogP contribution in [0.4, 0.5) is 0 Å². The van der Waals surface area contributed by atoms with Crippen molar-refractivity contribution in [1.29, 1.82) is 0 Å². The number of nitrogens with zero attached hydrogens (tertiary/aromatic N) is 1. The lowest BCUT2D eigenvalue weighted by atomic mass is 9.80. The lowest BCUT2D eigenvalue weighted by Gasteiger charge is -2.38. The van der Waals surface area contributed by atoms with Crippen molar-refractivity contribution in [3.05, 3.63) is 34.9 Å². The summed E-state index contributed by atoms with van der Waals surface area (Å²) in [4.78, 5) is 24.9. The minimum atomic E-state index is -0.0165. The van der Waals surface area contributed by atoms with Gasteiger partial charge in [0.2, 0.25) is 6.41 Å². The molecule has 0 bridgehead atoms. The van der Waals surface area contributed by atoms with Crippen molar-refractivity contribution < 1.29 is 19.4 Å². The van der Waals surface area contributed by atoms with Crippen molar-refractivity contribution in [2.75, 3.05) is 13.7 Å². The first kappa shape index (κ1) is 15.6. The topological polar surface area (TPSA) is 66.8 Å². The number of ketones is 1. The molecular weight excluding hydrogens is 294 g/mol. The second kappa shape index (κ2) is 6.44. The highest BCUT2D eigenvalue weighted by Crippen LogP contribution is 2.35. The van der Waals surface area contributed by atoms with E-state index in [4.69, 9.17) is 4.74 Å². The smallest absolute Gasteiger partial charge is 0.210 e. The van der Waals surface area contributed by atoms with Crippen LogP contribution in [0.3, 0.4) is 0 Å². The van der Waals surface area contributed by atoms with Crippen molar-refractivity contribution in [3.8, 4) is 11.5 Å². The highest BCUT2D eigenvalue weighted by molar-refractivity contribution is 5.83. The average Bonchev–Trinajstić information content (AvgIpc) is 2.55. The zero-order valence-corrected chi connectivity index (χ0v) is 13.2. The predicted octanol–water partition coefficient (Wildman–Crippen LogP) is 2.22. The number of phenolic OH excluding ortho intramolecular Hbond substituents is 1. The second-order valence-electron chi connectivity index (χ2n) is 6.16. The number of amides is 1. The standard InChI is InChI=1S/C18H21NO4/c1-23-18-5-2-12(9-17(18)22)8-16-15-4-3-14(21)10-13(15)6-7-19(16)11-20/h2,5,9,11,16,22H,3-4,6-8,10H2,1H3. The van der Waals surface area contributed by atoms with Gasteiger partial charge in [-0.3, -0.25) is 9.59 Å². The van der Waals surface area contributed by atoms with E-state index >= 15 is 0 Å². The first-order valence-electron chi connectivity index (χ1n) is 7.91. The number of ether oxygens (including phenoxy) is 1. The van der Waals surface area contributed by atoms with E-state index in [1.807, 2.05) is 11.0 Å². The SMILES string of the molecule is COc1ccc(CC2C3=C(CCN2C=O)CC(=O)CC3)cc1O. The summed E-state index contributed by atoms with van der Waals surface area (Å²) in [5.74, 6) is 0.837. The van der Waals surface area contributed by atoms with Gasteiger partial charge in [-0.2, -0.15) is 0 Å². The Morgan fingerprint density at radius 3 is 2.87 bits per heavy atom. The summed E-state index contributed by atoms with van der Waals surface area (Å²) >= 11 is 0. The molecular formula is C18H21NO4. The van der Waals surface area contributed by atoms with Crippen LogP contribution in [0.2, 0.25) is 0 Å². The Labute approximate surface area is 135 Å². The number of benzene rings is 1. The van der Waals surface area contributed by atoms with E-state index in [0.29, 0.717) is 37.3 Å². The van der Waals surface area contributed by atoms with E-state index in [-0.39, 0.29) is 11.8 Å². The summed E-state index contributed by atoms with van der Waals surface area (Å²) in [7, 11) is 1.51. The van der Waals surface area contributed by atoms with Gasteiger partial charge in [0.1, 0.15) is 5.78 Å². The van der Waals surface area contributed by atoms with E-state index in [1.165, 1.54) is 18.3 Å². The maximum Gasteiger partial charge on any atom is 0.210 e. The van der Waals surface area contributed by atoms with Gasteiger partial charge in [0, 0.05) is 19.4 Å². The van der Waals surface area contributed by atoms with Crippen LogP contribution >= 0.6 is 0 Å². The Kier molecular flexibility index (Phi) is 4.37. The third-order valence-corrected chi connectivity index (χ3v) is 4.82. The summed E-state index contributed by atoms with van der Waals surface area (Å²) in [6.07, 6.45) is 4.18. The Bertz CT molecular complexity index is 665. The minimum Gasteiger partial charge on any atom is -0.504 e. The molecule has 1 aromatic carbocycles. The Morgan fingerprint density at radius 1 is 1.35 bits per heavy atom. The van der Waals surface area contributed by atoms with Gasteiger partial charge in [0.05, 0.1) is 13.2 Å². The quantitative estimate of drug-likeness (QED) is 0.683. The van der Waals surface area contributed by atoms with Gasteiger partial charge < -0.3 is 14.7 Å². The first-order valence-corrected chi connectivity index (χ1v) is 7.91. The van der Waals surface area contributed by atoms with Crippen LogP contribution in [0.25, 0.3) is 0 Å². The van der Waals surface area contributed by atoms with Crippen LogP contribution in [-0.4, -0.2) is 41.9 Å². The molecule has 0 saturated heterocycles. The van der Waals surface area contributed by atoms with Gasteiger partial charge in [0.15, 0.2) is 11.5 Å². The van der Waals surface area contributed by atoms with Crippen LogP contribution in [0.1, 0.15) is 31.2 Å². The van der Waals surface area contributed by atoms with Gasteiger partial charge in [-0.15, -0.1) is 0 Å². The number of phenols is 1. The largest absolute Gasteiger partial charge is 0.504 e. The molecule has 2 aliphatic rings. The first-order chi connectivity index (χ1) is 11.1. The number of hydrogen-bond donors (Lipinski definition) is 1. The van der Waals surface area contributed by atoms with E-state index < -0.39 is 0 Å². The fourth-order valence-corrected chi connectivity index (χ4v) is 3.61. The van der Waals surface area contributed by atoms with Crippen LogP contribution in [-0.2, 0) is 16.0 Å². The highest BCUT2D eigenvalue weighted by Gasteiger charge is 2.32. The third-order valence-electron chi connectivity index (χ3n) is 4.82. The van der Waals surface area contributed by atoms with Crippen molar-refractivity contribution in [3.63, 3.8) is 0 Å². The average molecular weight is 315 g/mol. The molecule has 1 unspecified atom stereocenters. The number of carbonyl (C=O) groups is 2. The van der Waals surface area contributed by atoms with Crippen LogP contribution in [0, 0.1) is 0 Å². The van der Waals surface area contributed by atoms with Crippen molar-refractivity contribution >= 4 is 12.2 Å². The molecule has 1 aliphatic heterocycles. The lowest BCUT2D eigenvalue weighted by molar-refractivity contribution is -0.120. The van der Waals surface area contributed by atoms with Crippen molar-refractivity contribution in [1.82, 2.24) is 4.90 Å². The van der Waals surface area contributed by atoms with Gasteiger partial charge in [0.25, 0.3) is 0 Å². The molecule has 23 heavy (non-hydrogen) atoms. The molecule has 122 valence electrons. The normalized spacial score (nSPS) is 21.2. The second-order valence-corrected chi connectivity index (χ2v) is 6.16. The molecule has 1 atom stereocenters. The van der Waals surface area contributed by atoms with Gasteiger partial charge in [-0.05, 0) is 42.5 Å². The van der Waals surface area contributed by atoms with Crippen LogP contribution < -0.4 is 4.74 Å². The highest BCUT2D eigenvalue weighted by atomic mass is 16.5. The number of Topliss-reactive ketones (excluding diaryl/α,β-unsaturated/α-hetero) is 1. The number of hydrogen-bond acceptors (Lipinski definition) is 4. The fourth-order valence-electron chi connectivity index (χ4n) is 3.61. The van der Waals surface area contributed by atoms with Crippen molar-refractivity contribution in [2.45, 2.75) is 38.1 Å². The maximum absolute atomic E-state index is 11.7. The molecule has 5 nitrogen and oxygen atoms in total. The summed E-state index contributed by atoms with van der Waals surface area (Å²) in [5, 5.41) is 9.95. The number of carbonyl (C=O) groups excluding carboxylic acids is 2. The van der Waals surface area contributed by atoms with E-state index in [0.717, 1.165) is 24.8 Å². The molecule has 0 radical (unpaired) electrons. The molecule has 1 aromatic rings. The number of aromatic hydroxyl groups is 1. The van der Waals surface area contributed by atoms with E-state index in [2.05, 4.69) is 0 Å². The van der Waals surface area contributed by atoms with Gasteiger partial charge >= 0.3 is 0 Å². The summed E-state index contributed by atoms with van der Waals surface area (Å²) in [6.45, 7) is 0.655. The molecule has 3 rings (SSSR count).